The molecule has 0 unspecified atom stereocenters. The molecular weight excluding hydrogens is 348 g/mol. The molecule has 6 heteroatoms. The number of nitrogens with zero attached hydrogens (tertiary/aromatic N) is 1. The van der Waals surface area contributed by atoms with Crippen molar-refractivity contribution < 1.29 is 4.79 Å². The topological polar surface area (TPSA) is 42.0 Å². The molecule has 0 radical (unpaired) electrons. The van der Waals surface area contributed by atoms with Gasteiger partial charge in [0.2, 0.25) is 0 Å². The van der Waals surface area contributed by atoms with Crippen LogP contribution in [-0.2, 0) is 5.75 Å². The van der Waals surface area contributed by atoms with Gasteiger partial charge < -0.3 is 0 Å². The Labute approximate surface area is 147 Å². The van der Waals surface area contributed by atoms with E-state index in [4.69, 9.17) is 11.6 Å². The minimum atomic E-state index is -0.142. The Morgan fingerprint density at radius 3 is 2.52 bits per heavy atom. The van der Waals surface area contributed by atoms with E-state index in [9.17, 15) is 4.79 Å². The van der Waals surface area contributed by atoms with Crippen molar-refractivity contribution in [2.24, 2.45) is 0 Å². The molecule has 3 rings (SSSR count). The van der Waals surface area contributed by atoms with Gasteiger partial charge in [0.25, 0.3) is 5.91 Å². The zero-order valence-corrected chi connectivity index (χ0v) is 14.4. The van der Waals surface area contributed by atoms with E-state index in [-0.39, 0.29) is 5.91 Å². The third-order valence-corrected chi connectivity index (χ3v) is 5.11. The van der Waals surface area contributed by atoms with Gasteiger partial charge in [-0.2, -0.15) is 0 Å². The molecule has 0 saturated heterocycles. The molecule has 0 aliphatic rings. The average molecular weight is 361 g/mol. The molecule has 0 bridgehead atoms. The Bertz CT molecular complexity index is 771. The zero-order valence-electron chi connectivity index (χ0n) is 12.0. The van der Waals surface area contributed by atoms with Gasteiger partial charge in [0, 0.05) is 32.8 Å². The molecule has 3 aromatic rings. The van der Waals surface area contributed by atoms with Gasteiger partial charge in [-0.25, -0.2) is 4.98 Å². The molecule has 1 N–H and O–H groups in total. The van der Waals surface area contributed by atoms with Gasteiger partial charge in [0.15, 0.2) is 5.13 Å². The first-order valence-corrected chi connectivity index (χ1v) is 9.13. The molecular formula is C17H13ClN2OS2. The summed E-state index contributed by atoms with van der Waals surface area (Å²) in [6, 6.07) is 15.4. The number of thiazole rings is 1. The molecule has 2 aromatic carbocycles. The van der Waals surface area contributed by atoms with Gasteiger partial charge in [-0.05, 0) is 42.0 Å². The smallest absolute Gasteiger partial charge is 0.257 e. The molecule has 0 saturated carbocycles. The number of anilines is 1. The third-order valence-electron chi connectivity index (χ3n) is 3.09. The molecule has 1 aromatic heterocycles. The van der Waals surface area contributed by atoms with Crippen LogP contribution >= 0.6 is 34.7 Å². The van der Waals surface area contributed by atoms with E-state index in [0.717, 1.165) is 16.3 Å². The number of hydrogen-bond donors (Lipinski definition) is 1. The fourth-order valence-corrected chi connectivity index (χ4v) is 3.41. The van der Waals surface area contributed by atoms with Crippen LogP contribution in [0.1, 0.15) is 15.9 Å². The Balaban J connectivity index is 1.58. The summed E-state index contributed by atoms with van der Waals surface area (Å²) < 4.78 is 0. The second-order valence-corrected chi connectivity index (χ2v) is 7.11. The summed E-state index contributed by atoms with van der Waals surface area (Å²) in [4.78, 5) is 17.3. The highest BCUT2D eigenvalue weighted by Crippen LogP contribution is 2.24. The fourth-order valence-electron chi connectivity index (χ4n) is 1.90. The van der Waals surface area contributed by atoms with E-state index in [0.29, 0.717) is 10.7 Å². The van der Waals surface area contributed by atoms with Crippen LogP contribution in [0.3, 0.4) is 0 Å². The zero-order chi connectivity index (χ0) is 16.1. The number of carbonyl (C=O) groups is 1. The maximum absolute atomic E-state index is 12.1. The third kappa shape index (κ3) is 4.58. The molecule has 3 nitrogen and oxygen atoms in total. The lowest BCUT2D eigenvalue weighted by Crippen LogP contribution is -2.11. The van der Waals surface area contributed by atoms with Crippen LogP contribution in [0, 0.1) is 0 Å². The van der Waals surface area contributed by atoms with E-state index in [1.165, 1.54) is 16.2 Å². The summed E-state index contributed by atoms with van der Waals surface area (Å²) in [7, 11) is 0. The molecule has 0 aliphatic heterocycles. The van der Waals surface area contributed by atoms with Crippen molar-refractivity contribution >= 4 is 45.7 Å². The summed E-state index contributed by atoms with van der Waals surface area (Å²) in [5.41, 5.74) is 1.79. The minimum Gasteiger partial charge on any atom is -0.298 e. The van der Waals surface area contributed by atoms with Crippen molar-refractivity contribution in [1.82, 2.24) is 4.98 Å². The first kappa shape index (κ1) is 16.1. The first-order valence-electron chi connectivity index (χ1n) is 6.89. The SMILES string of the molecule is O=C(Nc1nccs1)c1ccc(CSc2ccc(Cl)cc2)cc1. The lowest BCUT2D eigenvalue weighted by molar-refractivity contribution is 0.102. The highest BCUT2D eigenvalue weighted by atomic mass is 35.5. The molecule has 116 valence electrons. The maximum atomic E-state index is 12.1. The predicted octanol–water partition coefficient (Wildman–Crippen LogP) is 5.34. The minimum absolute atomic E-state index is 0.142. The Morgan fingerprint density at radius 2 is 1.87 bits per heavy atom. The largest absolute Gasteiger partial charge is 0.298 e. The van der Waals surface area contributed by atoms with E-state index >= 15 is 0 Å². The summed E-state index contributed by atoms with van der Waals surface area (Å²) in [5, 5.41) is 5.95. The highest BCUT2D eigenvalue weighted by molar-refractivity contribution is 7.98. The van der Waals surface area contributed by atoms with Gasteiger partial charge in [-0.1, -0.05) is 23.7 Å². The first-order chi connectivity index (χ1) is 11.2. The van der Waals surface area contributed by atoms with Crippen LogP contribution in [0.2, 0.25) is 5.02 Å². The average Bonchev–Trinajstić information content (AvgIpc) is 3.08. The Hall–Kier alpha value is -1.82. The quantitative estimate of drug-likeness (QED) is 0.624. The summed E-state index contributed by atoms with van der Waals surface area (Å²) in [6.07, 6.45) is 1.66. The summed E-state index contributed by atoms with van der Waals surface area (Å²) >= 11 is 9.01. The van der Waals surface area contributed by atoms with E-state index in [2.05, 4.69) is 10.3 Å². The molecule has 0 spiro atoms. The van der Waals surface area contributed by atoms with Crippen LogP contribution < -0.4 is 5.32 Å². The normalized spacial score (nSPS) is 10.5. The Morgan fingerprint density at radius 1 is 1.13 bits per heavy atom. The Kier molecular flexibility index (Phi) is 5.33. The van der Waals surface area contributed by atoms with Gasteiger partial charge >= 0.3 is 0 Å². The van der Waals surface area contributed by atoms with E-state index < -0.39 is 0 Å². The van der Waals surface area contributed by atoms with Crippen molar-refractivity contribution in [1.29, 1.82) is 0 Å². The number of carbonyl (C=O) groups excluding carboxylic acids is 1. The standard InChI is InChI=1S/C17H13ClN2OS2/c18-14-5-7-15(8-6-14)23-11-12-1-3-13(4-2-12)16(21)20-17-19-9-10-22-17/h1-10H,11H2,(H,19,20,21). The van der Waals surface area contributed by atoms with Crippen molar-refractivity contribution in [2.45, 2.75) is 10.6 Å². The van der Waals surface area contributed by atoms with Crippen LogP contribution in [0.4, 0.5) is 5.13 Å². The second kappa shape index (κ2) is 7.64. The van der Waals surface area contributed by atoms with Gasteiger partial charge in [-0.15, -0.1) is 23.1 Å². The fraction of sp³-hybridized carbons (Fsp3) is 0.0588. The van der Waals surface area contributed by atoms with E-state index in [1.807, 2.05) is 53.9 Å². The van der Waals surface area contributed by atoms with Crippen molar-refractivity contribution in [3.05, 3.63) is 76.3 Å². The number of benzene rings is 2. The van der Waals surface area contributed by atoms with Gasteiger partial charge in [0.05, 0.1) is 0 Å². The van der Waals surface area contributed by atoms with Crippen LogP contribution in [0.5, 0.6) is 0 Å². The lowest BCUT2D eigenvalue weighted by Gasteiger charge is -2.05. The second-order valence-electron chi connectivity index (χ2n) is 4.73. The summed E-state index contributed by atoms with van der Waals surface area (Å²) in [6.45, 7) is 0. The summed E-state index contributed by atoms with van der Waals surface area (Å²) in [5.74, 6) is 0.701. The number of thioether (sulfide) groups is 1. The number of halogens is 1. The molecule has 23 heavy (non-hydrogen) atoms. The number of nitrogens with one attached hydrogen (secondary N) is 1. The van der Waals surface area contributed by atoms with Gasteiger partial charge in [0.1, 0.15) is 0 Å². The van der Waals surface area contributed by atoms with Crippen LogP contribution in [0.15, 0.2) is 65.0 Å². The van der Waals surface area contributed by atoms with Crippen LogP contribution in [-0.4, -0.2) is 10.9 Å². The van der Waals surface area contributed by atoms with Crippen molar-refractivity contribution in [3.63, 3.8) is 0 Å². The highest BCUT2D eigenvalue weighted by Gasteiger charge is 2.07. The van der Waals surface area contributed by atoms with Crippen molar-refractivity contribution in [2.75, 3.05) is 5.32 Å². The van der Waals surface area contributed by atoms with Crippen LogP contribution in [0.25, 0.3) is 0 Å². The number of hydrogen-bond acceptors (Lipinski definition) is 4. The molecule has 1 heterocycles. The number of amides is 1. The lowest BCUT2D eigenvalue weighted by atomic mass is 10.1. The molecule has 0 atom stereocenters. The maximum Gasteiger partial charge on any atom is 0.257 e. The van der Waals surface area contributed by atoms with Gasteiger partial charge in [-0.3, -0.25) is 10.1 Å². The number of aromatic nitrogens is 1. The monoisotopic (exact) mass is 360 g/mol. The molecule has 0 aliphatic carbocycles. The van der Waals surface area contributed by atoms with Crippen molar-refractivity contribution in [3.8, 4) is 0 Å². The predicted molar refractivity (Wildman–Crippen MR) is 97.5 cm³/mol. The molecule has 1 amide bonds. The number of rotatable bonds is 5. The molecule has 0 fully saturated rings. The van der Waals surface area contributed by atoms with E-state index in [1.54, 1.807) is 18.0 Å².